The molecule has 0 radical (unpaired) electrons. The van der Waals surface area contributed by atoms with Crippen molar-refractivity contribution in [1.82, 2.24) is 9.71 Å². The first-order valence-corrected chi connectivity index (χ1v) is 9.67. The number of sulfonamides is 1. The second-order valence-electron chi connectivity index (χ2n) is 6.01. The van der Waals surface area contributed by atoms with Crippen LogP contribution in [0.15, 0.2) is 71.8 Å². The van der Waals surface area contributed by atoms with Crippen molar-refractivity contribution in [1.29, 1.82) is 0 Å². The second-order valence-corrected chi connectivity index (χ2v) is 7.75. The molecule has 5 nitrogen and oxygen atoms in total. The van der Waals surface area contributed by atoms with E-state index in [1.807, 2.05) is 43.3 Å². The molecule has 0 unspecified atom stereocenters. The fourth-order valence-corrected chi connectivity index (χ4v) is 3.85. The van der Waals surface area contributed by atoms with Gasteiger partial charge in [-0.05, 0) is 54.8 Å². The Hall–Kier alpha value is -2.70. The number of nitrogens with zero attached hydrogens (tertiary/aromatic N) is 1. The largest absolute Gasteiger partial charge is 0.439 e. The number of aromatic nitrogens is 1. The summed E-state index contributed by atoms with van der Waals surface area (Å²) in [5.74, 6) is 1.09. The fourth-order valence-electron chi connectivity index (χ4n) is 2.50. The normalized spacial score (nSPS) is 11.3. The number of rotatable bonds is 6. The van der Waals surface area contributed by atoms with E-state index < -0.39 is 10.0 Å². The lowest BCUT2D eigenvalue weighted by Crippen LogP contribution is -2.24. The molecule has 1 N–H and O–H groups in total. The maximum Gasteiger partial charge on any atom is 0.241 e. The highest BCUT2D eigenvalue weighted by atomic mass is 32.2. The molecule has 3 aromatic rings. The molecule has 0 saturated carbocycles. The highest BCUT2D eigenvalue weighted by molar-refractivity contribution is 7.89. The Kier molecular flexibility index (Phi) is 5.35. The molecule has 1 heterocycles. The van der Waals surface area contributed by atoms with Crippen molar-refractivity contribution in [3.05, 3.63) is 83.6 Å². The highest BCUT2D eigenvalue weighted by Gasteiger charge is 2.16. The maximum absolute atomic E-state index is 12.6. The molecule has 0 atom stereocenters. The van der Waals surface area contributed by atoms with E-state index in [1.165, 1.54) is 0 Å². The number of pyridine rings is 1. The van der Waals surface area contributed by atoms with E-state index in [4.69, 9.17) is 4.74 Å². The standard InChI is InChI=1S/C20H20N2O3S/c1-15-9-10-16(2)19(12-15)26(23,24)22-14-17-6-5-7-18(13-17)25-20-8-3-4-11-21-20/h3-13,22H,14H2,1-2H3. The Labute approximate surface area is 153 Å². The minimum atomic E-state index is -3.59. The van der Waals surface area contributed by atoms with Crippen LogP contribution in [0.3, 0.4) is 0 Å². The van der Waals surface area contributed by atoms with Crippen LogP contribution >= 0.6 is 0 Å². The summed E-state index contributed by atoms with van der Waals surface area (Å²) in [5, 5.41) is 0. The zero-order valence-corrected chi connectivity index (χ0v) is 15.5. The molecule has 2 aromatic carbocycles. The maximum atomic E-state index is 12.6. The first-order chi connectivity index (χ1) is 12.4. The predicted molar refractivity (Wildman–Crippen MR) is 101 cm³/mol. The monoisotopic (exact) mass is 368 g/mol. The van der Waals surface area contributed by atoms with E-state index in [9.17, 15) is 8.42 Å². The van der Waals surface area contributed by atoms with Crippen molar-refractivity contribution in [3.8, 4) is 11.6 Å². The topological polar surface area (TPSA) is 68.3 Å². The molecule has 0 saturated heterocycles. The molecule has 0 spiro atoms. The highest BCUT2D eigenvalue weighted by Crippen LogP contribution is 2.21. The Morgan fingerprint density at radius 1 is 1.00 bits per heavy atom. The summed E-state index contributed by atoms with van der Waals surface area (Å²) < 4.78 is 33.5. The van der Waals surface area contributed by atoms with Gasteiger partial charge < -0.3 is 4.74 Å². The Morgan fingerprint density at radius 2 is 1.85 bits per heavy atom. The van der Waals surface area contributed by atoms with Crippen LogP contribution in [0.2, 0.25) is 0 Å². The van der Waals surface area contributed by atoms with Crippen LogP contribution in [0.4, 0.5) is 0 Å². The van der Waals surface area contributed by atoms with Crippen molar-refractivity contribution < 1.29 is 13.2 Å². The zero-order chi connectivity index (χ0) is 18.6. The van der Waals surface area contributed by atoms with Gasteiger partial charge in [0.05, 0.1) is 4.90 Å². The minimum Gasteiger partial charge on any atom is -0.439 e. The van der Waals surface area contributed by atoms with Crippen LogP contribution < -0.4 is 9.46 Å². The average molecular weight is 368 g/mol. The molecule has 0 bridgehead atoms. The third-order valence-corrected chi connectivity index (χ3v) is 5.40. The summed E-state index contributed by atoms with van der Waals surface area (Å²) in [7, 11) is -3.59. The van der Waals surface area contributed by atoms with Crippen LogP contribution in [0, 0.1) is 13.8 Å². The van der Waals surface area contributed by atoms with Gasteiger partial charge in [0.25, 0.3) is 0 Å². The molecule has 0 aliphatic rings. The fraction of sp³-hybridized carbons (Fsp3) is 0.150. The number of hydrogen-bond donors (Lipinski definition) is 1. The van der Waals surface area contributed by atoms with Gasteiger partial charge in [-0.25, -0.2) is 18.1 Å². The summed E-state index contributed by atoms with van der Waals surface area (Å²) >= 11 is 0. The molecular formula is C20H20N2O3S. The molecule has 26 heavy (non-hydrogen) atoms. The van der Waals surface area contributed by atoms with Crippen molar-refractivity contribution >= 4 is 10.0 Å². The molecule has 0 fully saturated rings. The van der Waals surface area contributed by atoms with E-state index in [1.54, 1.807) is 37.4 Å². The van der Waals surface area contributed by atoms with Gasteiger partial charge in [0.2, 0.25) is 15.9 Å². The van der Waals surface area contributed by atoms with E-state index in [-0.39, 0.29) is 6.54 Å². The van der Waals surface area contributed by atoms with Crippen molar-refractivity contribution in [2.75, 3.05) is 0 Å². The van der Waals surface area contributed by atoms with Crippen LogP contribution in [0.1, 0.15) is 16.7 Å². The molecule has 1 aromatic heterocycles. The van der Waals surface area contributed by atoms with Gasteiger partial charge in [0.1, 0.15) is 5.75 Å². The van der Waals surface area contributed by atoms with Gasteiger partial charge in [-0.3, -0.25) is 0 Å². The quantitative estimate of drug-likeness (QED) is 0.715. The lowest BCUT2D eigenvalue weighted by molar-refractivity contribution is 0.462. The Morgan fingerprint density at radius 3 is 2.62 bits per heavy atom. The predicted octanol–water partition coefficient (Wildman–Crippen LogP) is 3.97. The first kappa shape index (κ1) is 18.1. The molecule has 0 aliphatic heterocycles. The SMILES string of the molecule is Cc1ccc(C)c(S(=O)(=O)NCc2cccc(Oc3ccccn3)c2)c1. The van der Waals surface area contributed by atoms with Crippen molar-refractivity contribution in [2.45, 2.75) is 25.3 Å². The summed E-state index contributed by atoms with van der Waals surface area (Å²) in [5.41, 5.74) is 2.42. The van der Waals surface area contributed by atoms with E-state index in [2.05, 4.69) is 9.71 Å². The minimum absolute atomic E-state index is 0.176. The van der Waals surface area contributed by atoms with E-state index >= 15 is 0 Å². The number of aryl methyl sites for hydroxylation is 2. The molecule has 3 rings (SSSR count). The Balaban J connectivity index is 1.73. The third-order valence-electron chi connectivity index (χ3n) is 3.86. The summed E-state index contributed by atoms with van der Waals surface area (Å²) in [6.45, 7) is 3.83. The molecule has 0 aliphatic carbocycles. The van der Waals surface area contributed by atoms with Crippen LogP contribution in [0.5, 0.6) is 11.6 Å². The number of benzene rings is 2. The number of hydrogen-bond acceptors (Lipinski definition) is 4. The number of ether oxygens (including phenoxy) is 1. The smallest absolute Gasteiger partial charge is 0.241 e. The lowest BCUT2D eigenvalue weighted by atomic mass is 10.2. The Bertz CT molecular complexity index is 1000. The van der Waals surface area contributed by atoms with Crippen molar-refractivity contribution in [2.24, 2.45) is 0 Å². The van der Waals surface area contributed by atoms with Gasteiger partial charge in [0.15, 0.2) is 0 Å². The zero-order valence-electron chi connectivity index (χ0n) is 14.6. The van der Waals surface area contributed by atoms with Gasteiger partial charge >= 0.3 is 0 Å². The number of nitrogens with one attached hydrogen (secondary N) is 1. The summed E-state index contributed by atoms with van der Waals surface area (Å²) in [6.07, 6.45) is 1.65. The van der Waals surface area contributed by atoms with Crippen LogP contribution in [-0.2, 0) is 16.6 Å². The van der Waals surface area contributed by atoms with Gasteiger partial charge in [-0.15, -0.1) is 0 Å². The van der Waals surface area contributed by atoms with Gasteiger partial charge in [-0.2, -0.15) is 0 Å². The first-order valence-electron chi connectivity index (χ1n) is 8.19. The summed E-state index contributed by atoms with van der Waals surface area (Å²) in [4.78, 5) is 4.42. The summed E-state index contributed by atoms with van der Waals surface area (Å²) in [6, 6.07) is 18.1. The second kappa shape index (κ2) is 7.68. The van der Waals surface area contributed by atoms with Gasteiger partial charge in [0, 0.05) is 18.8 Å². The van der Waals surface area contributed by atoms with E-state index in [0.717, 1.165) is 16.7 Å². The van der Waals surface area contributed by atoms with Gasteiger partial charge in [-0.1, -0.05) is 30.3 Å². The van der Waals surface area contributed by atoms with Crippen molar-refractivity contribution in [3.63, 3.8) is 0 Å². The molecular weight excluding hydrogens is 348 g/mol. The van der Waals surface area contributed by atoms with E-state index in [0.29, 0.717) is 16.5 Å². The van der Waals surface area contributed by atoms with Crippen LogP contribution in [0.25, 0.3) is 0 Å². The third kappa shape index (κ3) is 4.47. The molecule has 134 valence electrons. The van der Waals surface area contributed by atoms with Crippen LogP contribution in [-0.4, -0.2) is 13.4 Å². The molecule has 6 heteroatoms. The molecule has 0 amide bonds. The average Bonchev–Trinajstić information content (AvgIpc) is 2.63. The lowest BCUT2D eigenvalue weighted by Gasteiger charge is -2.11.